The number of nitrogens with zero attached hydrogens (tertiary/aromatic N) is 2. The molecule has 2 N–H and O–H groups in total. The number of aliphatic hydroxyl groups is 2. The number of aliphatic hydroxyl groups excluding tert-OH is 2. The van der Waals surface area contributed by atoms with Crippen LogP contribution in [0.2, 0.25) is 0 Å². The molecule has 0 bridgehead atoms. The van der Waals surface area contributed by atoms with E-state index in [2.05, 4.69) is 23.6 Å². The van der Waals surface area contributed by atoms with Gasteiger partial charge in [0, 0.05) is 38.0 Å². The fourth-order valence-electron chi connectivity index (χ4n) is 11.2. The van der Waals surface area contributed by atoms with Crippen LogP contribution in [0.3, 0.4) is 0 Å². The standard InChI is InChI=1S/C31H52N2O4/c1-29-9-8-23-22(7-6-21-18-27(34)26(20-30(21,23)2)32-12-4-3-5-13-32)24(29)19-25(28(29)35)33-14-10-31(11-15-33)36-16-17-37-31/h21-28,34-35H,3-20H2,1-2H3/t21?,22-,23-,24+,25?,26?,27?,28?,29+,30+/m1/s1. The van der Waals surface area contributed by atoms with Gasteiger partial charge in [-0.25, -0.2) is 0 Å². The largest absolute Gasteiger partial charge is 0.391 e. The molecule has 7 fully saturated rings. The molecule has 7 rings (SSSR count). The van der Waals surface area contributed by atoms with Crippen LogP contribution in [0.4, 0.5) is 0 Å². The summed E-state index contributed by atoms with van der Waals surface area (Å²) in [5, 5.41) is 23.1. The molecule has 7 aliphatic rings. The Kier molecular flexibility index (Phi) is 6.54. The van der Waals surface area contributed by atoms with Gasteiger partial charge < -0.3 is 19.7 Å². The monoisotopic (exact) mass is 516 g/mol. The molecular weight excluding hydrogens is 464 g/mol. The van der Waals surface area contributed by atoms with Crippen LogP contribution in [0.15, 0.2) is 0 Å². The van der Waals surface area contributed by atoms with E-state index in [-0.39, 0.29) is 29.5 Å². The van der Waals surface area contributed by atoms with Crippen molar-refractivity contribution in [3.63, 3.8) is 0 Å². The molecule has 4 aliphatic carbocycles. The number of fused-ring (bicyclic) bond motifs is 5. The zero-order valence-electron chi connectivity index (χ0n) is 23.5. The van der Waals surface area contributed by atoms with Gasteiger partial charge in [0.2, 0.25) is 0 Å². The normalized spacial score (nSPS) is 52.5. The highest BCUT2D eigenvalue weighted by Crippen LogP contribution is 2.67. The summed E-state index contributed by atoms with van der Waals surface area (Å²) < 4.78 is 12.0. The molecule has 6 heteroatoms. The van der Waals surface area contributed by atoms with Gasteiger partial charge in [-0.15, -0.1) is 0 Å². The Bertz CT molecular complexity index is 833. The Morgan fingerprint density at radius 2 is 1.41 bits per heavy atom. The van der Waals surface area contributed by atoms with Gasteiger partial charge in [0.15, 0.2) is 5.79 Å². The van der Waals surface area contributed by atoms with Crippen LogP contribution in [0, 0.1) is 34.5 Å². The van der Waals surface area contributed by atoms with E-state index in [1.54, 1.807) is 0 Å². The van der Waals surface area contributed by atoms with Crippen LogP contribution in [0.25, 0.3) is 0 Å². The SMILES string of the molecule is C[C@]12CC(N3CCCCC3)C(O)CC1CC[C@@H]1[C@H]2CC[C@]2(C)C(O)C(N3CCC4(CC3)OCCO4)C[C@@H]12. The minimum Gasteiger partial charge on any atom is -0.391 e. The molecule has 10 atom stereocenters. The molecule has 4 saturated carbocycles. The summed E-state index contributed by atoms with van der Waals surface area (Å²) in [5.74, 6) is 2.43. The minimum absolute atomic E-state index is 0.0466. The van der Waals surface area contributed by atoms with Gasteiger partial charge in [0.25, 0.3) is 0 Å². The van der Waals surface area contributed by atoms with Crippen LogP contribution in [0.1, 0.15) is 90.9 Å². The lowest BCUT2D eigenvalue weighted by Gasteiger charge is -2.62. The van der Waals surface area contributed by atoms with Gasteiger partial charge in [-0.2, -0.15) is 0 Å². The second-order valence-electron chi connectivity index (χ2n) is 14.8. The fourth-order valence-corrected chi connectivity index (χ4v) is 11.2. The Morgan fingerprint density at radius 3 is 2.14 bits per heavy atom. The van der Waals surface area contributed by atoms with Crippen molar-refractivity contribution in [2.45, 2.75) is 121 Å². The maximum atomic E-state index is 11.8. The highest BCUT2D eigenvalue weighted by atomic mass is 16.7. The summed E-state index contributed by atoms with van der Waals surface area (Å²) in [6.45, 7) is 10.8. The molecule has 3 saturated heterocycles. The van der Waals surface area contributed by atoms with E-state index in [9.17, 15) is 10.2 Å². The molecular formula is C31H52N2O4. The molecule has 0 aromatic heterocycles. The topological polar surface area (TPSA) is 65.4 Å². The third kappa shape index (κ3) is 4.01. The number of likely N-dealkylation sites (tertiary alicyclic amines) is 2. The average molecular weight is 517 g/mol. The molecule has 1 spiro atoms. The van der Waals surface area contributed by atoms with Crippen molar-refractivity contribution in [3.05, 3.63) is 0 Å². The highest BCUT2D eigenvalue weighted by Gasteiger charge is 2.64. The molecule has 3 heterocycles. The number of hydrogen-bond donors (Lipinski definition) is 2. The molecule has 6 nitrogen and oxygen atoms in total. The number of hydrogen-bond acceptors (Lipinski definition) is 6. The van der Waals surface area contributed by atoms with Crippen molar-refractivity contribution < 1.29 is 19.7 Å². The summed E-state index contributed by atoms with van der Waals surface area (Å²) in [4.78, 5) is 5.25. The first-order valence-electron chi connectivity index (χ1n) is 16.0. The summed E-state index contributed by atoms with van der Waals surface area (Å²) in [6, 6.07) is 0.642. The van der Waals surface area contributed by atoms with E-state index < -0.39 is 0 Å². The first kappa shape index (κ1) is 25.7. The van der Waals surface area contributed by atoms with Crippen LogP contribution in [0.5, 0.6) is 0 Å². The minimum atomic E-state index is -0.342. The van der Waals surface area contributed by atoms with Crippen molar-refractivity contribution in [1.29, 1.82) is 0 Å². The van der Waals surface area contributed by atoms with E-state index in [1.807, 2.05) is 0 Å². The van der Waals surface area contributed by atoms with Crippen molar-refractivity contribution in [2.24, 2.45) is 34.5 Å². The molecule has 5 unspecified atom stereocenters. The zero-order valence-corrected chi connectivity index (χ0v) is 23.5. The van der Waals surface area contributed by atoms with E-state index in [0.717, 1.165) is 63.8 Å². The van der Waals surface area contributed by atoms with E-state index in [0.29, 0.717) is 23.3 Å². The Labute approximate surface area is 224 Å². The number of ether oxygens (including phenoxy) is 2. The third-order valence-corrected chi connectivity index (χ3v) is 13.4. The first-order chi connectivity index (χ1) is 17.8. The smallest absolute Gasteiger partial charge is 0.170 e. The molecule has 0 aromatic rings. The van der Waals surface area contributed by atoms with Crippen molar-refractivity contribution in [3.8, 4) is 0 Å². The summed E-state index contributed by atoms with van der Waals surface area (Å²) >= 11 is 0. The first-order valence-corrected chi connectivity index (χ1v) is 16.0. The van der Waals surface area contributed by atoms with Crippen LogP contribution < -0.4 is 0 Å². The molecule has 0 aromatic carbocycles. The number of rotatable bonds is 2. The fraction of sp³-hybridized carbons (Fsp3) is 1.00. The van der Waals surface area contributed by atoms with Crippen molar-refractivity contribution in [2.75, 3.05) is 39.4 Å². The Balaban J connectivity index is 1.09. The highest BCUT2D eigenvalue weighted by molar-refractivity contribution is 5.14. The molecule has 37 heavy (non-hydrogen) atoms. The van der Waals surface area contributed by atoms with Gasteiger partial charge in [-0.3, -0.25) is 9.80 Å². The molecule has 0 amide bonds. The quantitative estimate of drug-likeness (QED) is 0.578. The van der Waals surface area contributed by atoms with Gasteiger partial charge >= 0.3 is 0 Å². The molecule has 210 valence electrons. The summed E-state index contributed by atoms with van der Waals surface area (Å²) in [5.41, 5.74) is 0.383. The maximum absolute atomic E-state index is 11.8. The van der Waals surface area contributed by atoms with Gasteiger partial charge in [-0.05, 0) is 105 Å². The Hall–Kier alpha value is -0.240. The lowest BCUT2D eigenvalue weighted by molar-refractivity contribution is -0.190. The Morgan fingerprint density at radius 1 is 0.703 bits per heavy atom. The number of piperidine rings is 2. The molecule has 3 aliphatic heterocycles. The second-order valence-corrected chi connectivity index (χ2v) is 14.8. The van der Waals surface area contributed by atoms with E-state index in [1.165, 1.54) is 64.5 Å². The van der Waals surface area contributed by atoms with Gasteiger partial charge in [0.05, 0.1) is 25.4 Å². The van der Waals surface area contributed by atoms with Crippen LogP contribution in [-0.2, 0) is 9.47 Å². The maximum Gasteiger partial charge on any atom is 0.170 e. The predicted octanol–water partition coefficient (Wildman–Crippen LogP) is 4.03. The second kappa shape index (κ2) is 9.41. The predicted molar refractivity (Wildman–Crippen MR) is 143 cm³/mol. The van der Waals surface area contributed by atoms with Crippen molar-refractivity contribution in [1.82, 2.24) is 9.80 Å². The van der Waals surface area contributed by atoms with Crippen LogP contribution >= 0.6 is 0 Å². The van der Waals surface area contributed by atoms with Crippen molar-refractivity contribution >= 4 is 0 Å². The summed E-state index contributed by atoms with van der Waals surface area (Å²) in [7, 11) is 0. The third-order valence-electron chi connectivity index (χ3n) is 13.4. The lowest BCUT2D eigenvalue weighted by atomic mass is 9.44. The average Bonchev–Trinajstić information content (AvgIpc) is 3.47. The molecule has 0 radical (unpaired) electrons. The van der Waals surface area contributed by atoms with E-state index in [4.69, 9.17) is 9.47 Å². The van der Waals surface area contributed by atoms with E-state index >= 15 is 0 Å². The zero-order chi connectivity index (χ0) is 25.4. The summed E-state index contributed by atoms with van der Waals surface area (Å²) in [6.07, 6.45) is 13.8. The van der Waals surface area contributed by atoms with Crippen LogP contribution in [-0.4, -0.2) is 89.5 Å². The van der Waals surface area contributed by atoms with Gasteiger partial charge in [-0.1, -0.05) is 20.3 Å². The lowest BCUT2D eigenvalue weighted by Crippen LogP contribution is -2.60. The van der Waals surface area contributed by atoms with Gasteiger partial charge in [0.1, 0.15) is 0 Å².